The number of amides is 1. The number of sulfonamides is 1. The minimum atomic E-state index is -3.82. The van der Waals surface area contributed by atoms with E-state index in [1.165, 1.54) is 27.4 Å². The molecule has 3 rings (SSSR count). The molecular formula is C14H15Cl2N3O5S. The maximum atomic E-state index is 12.7. The van der Waals surface area contributed by atoms with Gasteiger partial charge in [-0.05, 0) is 12.1 Å². The van der Waals surface area contributed by atoms with E-state index in [1.807, 2.05) is 0 Å². The number of benzene rings is 1. The van der Waals surface area contributed by atoms with E-state index in [2.05, 4.69) is 0 Å². The van der Waals surface area contributed by atoms with Crippen LogP contribution in [0.5, 0.6) is 0 Å². The third kappa shape index (κ3) is 3.46. The first-order valence-electron chi connectivity index (χ1n) is 7.60. The largest absolute Gasteiger partial charge is 0.340 e. The Bertz CT molecular complexity index is 824. The molecule has 1 aromatic rings. The second-order valence-corrected chi connectivity index (χ2v) is 8.67. The van der Waals surface area contributed by atoms with Crippen molar-refractivity contribution in [3.8, 4) is 0 Å². The van der Waals surface area contributed by atoms with Gasteiger partial charge in [-0.15, -0.1) is 0 Å². The quantitative estimate of drug-likeness (QED) is 0.555. The third-order valence-electron chi connectivity index (χ3n) is 4.43. The Labute approximate surface area is 154 Å². The number of rotatable bonds is 4. The van der Waals surface area contributed by atoms with E-state index in [-0.39, 0.29) is 53.4 Å². The molecule has 25 heavy (non-hydrogen) atoms. The van der Waals surface area contributed by atoms with Gasteiger partial charge in [0.15, 0.2) is 0 Å². The molecule has 2 aliphatic rings. The van der Waals surface area contributed by atoms with Crippen LogP contribution in [0.1, 0.15) is 6.42 Å². The summed E-state index contributed by atoms with van der Waals surface area (Å²) >= 11 is 11.9. The van der Waals surface area contributed by atoms with Crippen LogP contribution in [0, 0.1) is 16.0 Å². The molecule has 1 saturated carbocycles. The summed E-state index contributed by atoms with van der Waals surface area (Å²) in [6.07, 6.45) is 0.252. The fourth-order valence-electron chi connectivity index (χ4n) is 2.89. The zero-order valence-electron chi connectivity index (χ0n) is 13.0. The zero-order valence-corrected chi connectivity index (χ0v) is 15.3. The number of hydrogen-bond acceptors (Lipinski definition) is 5. The summed E-state index contributed by atoms with van der Waals surface area (Å²) < 4.78 is 26.7. The molecule has 136 valence electrons. The van der Waals surface area contributed by atoms with E-state index in [9.17, 15) is 23.3 Å². The van der Waals surface area contributed by atoms with Crippen molar-refractivity contribution in [3.05, 3.63) is 38.4 Å². The molecule has 1 amide bonds. The second-order valence-electron chi connectivity index (χ2n) is 5.98. The smallest absolute Gasteiger partial charge is 0.244 e. The first kappa shape index (κ1) is 18.4. The van der Waals surface area contributed by atoms with E-state index in [4.69, 9.17) is 23.2 Å². The van der Waals surface area contributed by atoms with Crippen LogP contribution >= 0.6 is 23.2 Å². The second kappa shape index (κ2) is 6.71. The predicted molar refractivity (Wildman–Crippen MR) is 90.7 cm³/mol. The Morgan fingerprint density at radius 1 is 1.20 bits per heavy atom. The van der Waals surface area contributed by atoms with Crippen molar-refractivity contribution < 1.29 is 18.1 Å². The Morgan fingerprint density at radius 3 is 2.40 bits per heavy atom. The first-order chi connectivity index (χ1) is 11.7. The van der Waals surface area contributed by atoms with Crippen LogP contribution < -0.4 is 0 Å². The number of carbonyl (C=O) groups is 1. The summed E-state index contributed by atoms with van der Waals surface area (Å²) in [5, 5.41) is 10.8. The molecule has 0 N–H and O–H groups in total. The van der Waals surface area contributed by atoms with E-state index in [1.54, 1.807) is 0 Å². The highest BCUT2D eigenvalue weighted by molar-refractivity contribution is 7.89. The van der Waals surface area contributed by atoms with E-state index < -0.39 is 26.9 Å². The fraction of sp³-hybridized carbons (Fsp3) is 0.500. The topological polar surface area (TPSA) is 101 Å². The van der Waals surface area contributed by atoms with Crippen LogP contribution in [0.15, 0.2) is 23.1 Å². The molecule has 1 saturated heterocycles. The summed E-state index contributed by atoms with van der Waals surface area (Å²) in [5.74, 6) is -0.861. The molecule has 0 radical (unpaired) electrons. The van der Waals surface area contributed by atoms with Gasteiger partial charge in [-0.1, -0.05) is 29.3 Å². The summed E-state index contributed by atoms with van der Waals surface area (Å²) in [6, 6.07) is 3.58. The van der Waals surface area contributed by atoms with Crippen molar-refractivity contribution in [2.45, 2.75) is 17.4 Å². The number of halogens is 2. The molecule has 1 aliphatic carbocycles. The normalized spacial score (nSPS) is 24.2. The molecule has 8 nitrogen and oxygen atoms in total. The lowest BCUT2D eigenvalue weighted by atomic mass is 10.3. The summed E-state index contributed by atoms with van der Waals surface area (Å²) in [7, 11) is -3.82. The number of carbonyl (C=O) groups excluding carboxylic acids is 1. The maximum absolute atomic E-state index is 12.7. The Balaban J connectivity index is 1.67. The molecule has 11 heteroatoms. The summed E-state index contributed by atoms with van der Waals surface area (Å²) in [4.78, 5) is 23.9. The highest BCUT2D eigenvalue weighted by Gasteiger charge is 2.54. The average molecular weight is 408 g/mol. The van der Waals surface area contributed by atoms with Gasteiger partial charge in [0.2, 0.25) is 22.0 Å². The molecule has 2 fully saturated rings. The minimum Gasteiger partial charge on any atom is -0.340 e. The maximum Gasteiger partial charge on any atom is 0.244 e. The van der Waals surface area contributed by atoms with Gasteiger partial charge in [0.05, 0.1) is 10.0 Å². The predicted octanol–water partition coefficient (Wildman–Crippen LogP) is 1.49. The van der Waals surface area contributed by atoms with Gasteiger partial charge in [0.25, 0.3) is 0 Å². The van der Waals surface area contributed by atoms with E-state index in [0.29, 0.717) is 0 Å². The highest BCUT2D eigenvalue weighted by atomic mass is 35.5. The summed E-state index contributed by atoms with van der Waals surface area (Å²) in [6.45, 7) is 0.591. The minimum absolute atomic E-state index is 0.0329. The summed E-state index contributed by atoms with van der Waals surface area (Å²) in [5.41, 5.74) is 0. The molecule has 0 spiro atoms. The van der Waals surface area contributed by atoms with Crippen molar-refractivity contribution in [2.75, 3.05) is 26.2 Å². The monoisotopic (exact) mass is 407 g/mol. The van der Waals surface area contributed by atoms with E-state index >= 15 is 0 Å². The van der Waals surface area contributed by atoms with Gasteiger partial charge in [0, 0.05) is 37.5 Å². The van der Waals surface area contributed by atoms with Crippen LogP contribution in [-0.4, -0.2) is 60.7 Å². The molecular weight excluding hydrogens is 393 g/mol. The zero-order chi connectivity index (χ0) is 18.4. The van der Waals surface area contributed by atoms with Crippen molar-refractivity contribution in [3.63, 3.8) is 0 Å². The standard InChI is InChI=1S/C14H15Cl2N3O5S/c15-10-2-1-3-12(13(10)16)25(23,24)18-6-4-17(5-7-18)14(20)9-8-11(9)19(21)22/h1-3,9,11H,4-8H2/t9-,11-/m0/s1. The fourth-order valence-corrected chi connectivity index (χ4v) is 5.04. The van der Waals surface area contributed by atoms with E-state index in [0.717, 1.165) is 0 Å². The lowest BCUT2D eigenvalue weighted by Crippen LogP contribution is -2.51. The molecule has 0 unspecified atom stereocenters. The molecule has 1 heterocycles. The van der Waals surface area contributed by atoms with Crippen LogP contribution in [-0.2, 0) is 14.8 Å². The van der Waals surface area contributed by atoms with Crippen molar-refractivity contribution in [2.24, 2.45) is 5.92 Å². The molecule has 1 aliphatic heterocycles. The third-order valence-corrected chi connectivity index (χ3v) is 7.30. The SMILES string of the molecule is O=C([C@H]1C[C@@H]1[N+](=O)[O-])N1CCN(S(=O)(=O)c2cccc(Cl)c2Cl)CC1. The Hall–Kier alpha value is -1.42. The Morgan fingerprint density at radius 2 is 1.84 bits per heavy atom. The first-order valence-corrected chi connectivity index (χ1v) is 9.79. The average Bonchev–Trinajstić information content (AvgIpc) is 3.37. The van der Waals surface area contributed by atoms with Crippen LogP contribution in [0.4, 0.5) is 0 Å². The lowest BCUT2D eigenvalue weighted by molar-refractivity contribution is -0.497. The van der Waals surface area contributed by atoms with Gasteiger partial charge >= 0.3 is 0 Å². The number of hydrogen-bond donors (Lipinski definition) is 0. The molecule has 0 bridgehead atoms. The van der Waals surface area contributed by atoms with Crippen LogP contribution in [0.2, 0.25) is 10.0 Å². The van der Waals surface area contributed by atoms with Crippen LogP contribution in [0.25, 0.3) is 0 Å². The molecule has 2 atom stereocenters. The van der Waals surface area contributed by atoms with Crippen molar-refractivity contribution in [1.29, 1.82) is 0 Å². The lowest BCUT2D eigenvalue weighted by Gasteiger charge is -2.34. The van der Waals surface area contributed by atoms with Gasteiger partial charge in [0.1, 0.15) is 10.8 Å². The number of nitro groups is 1. The molecule has 0 aromatic heterocycles. The van der Waals surface area contributed by atoms with Crippen molar-refractivity contribution >= 4 is 39.1 Å². The van der Waals surface area contributed by atoms with Gasteiger partial charge in [-0.25, -0.2) is 8.42 Å². The highest BCUT2D eigenvalue weighted by Crippen LogP contribution is 2.35. The van der Waals surface area contributed by atoms with Gasteiger partial charge in [-0.2, -0.15) is 4.31 Å². The molecule has 1 aromatic carbocycles. The van der Waals surface area contributed by atoms with Crippen molar-refractivity contribution in [1.82, 2.24) is 9.21 Å². The van der Waals surface area contributed by atoms with Gasteiger partial charge in [-0.3, -0.25) is 14.9 Å². The number of piperazine rings is 1. The van der Waals surface area contributed by atoms with Gasteiger partial charge < -0.3 is 4.90 Å². The number of nitrogens with zero attached hydrogens (tertiary/aromatic N) is 3. The Kier molecular flexibility index (Phi) is 4.93. The van der Waals surface area contributed by atoms with Crippen LogP contribution in [0.3, 0.4) is 0 Å².